The molecular formula is C15H15F3N2OS. The molecular weight excluding hydrogens is 313 g/mol. The van der Waals surface area contributed by atoms with Gasteiger partial charge in [-0.2, -0.15) is 0 Å². The van der Waals surface area contributed by atoms with Crippen LogP contribution in [0.4, 0.5) is 13.2 Å². The molecule has 3 atom stereocenters. The van der Waals surface area contributed by atoms with Crippen LogP contribution in [0.2, 0.25) is 0 Å². The number of hydrogen-bond acceptors (Lipinski definition) is 3. The number of amides is 1. The minimum Gasteiger partial charge on any atom is -0.354 e. The van der Waals surface area contributed by atoms with E-state index in [1.807, 2.05) is 11.8 Å². The van der Waals surface area contributed by atoms with Crippen LogP contribution >= 0.6 is 11.8 Å². The average molecular weight is 328 g/mol. The van der Waals surface area contributed by atoms with Gasteiger partial charge in [0.1, 0.15) is 17.2 Å². The van der Waals surface area contributed by atoms with Crippen molar-refractivity contribution in [3.8, 4) is 0 Å². The zero-order valence-corrected chi connectivity index (χ0v) is 12.6. The fraction of sp³-hybridized carbons (Fsp3) is 0.400. The molecule has 1 saturated heterocycles. The molecule has 0 radical (unpaired) electrons. The van der Waals surface area contributed by atoms with Crippen molar-refractivity contribution >= 4 is 17.7 Å². The van der Waals surface area contributed by atoms with E-state index in [0.29, 0.717) is 12.1 Å². The number of thioether (sulfide) groups is 1. The molecule has 7 heteroatoms. The normalized spacial score (nSPS) is 27.8. The summed E-state index contributed by atoms with van der Waals surface area (Å²) in [6.07, 6.45) is -0.954. The molecule has 1 unspecified atom stereocenters. The molecule has 0 saturated carbocycles. The summed E-state index contributed by atoms with van der Waals surface area (Å²) in [4.78, 5) is 13.8. The lowest BCUT2D eigenvalue weighted by Crippen LogP contribution is -2.40. The Bertz CT molecular complexity index is 623. The Kier molecular flexibility index (Phi) is 4.08. The summed E-state index contributed by atoms with van der Waals surface area (Å²) < 4.78 is 39.4. The van der Waals surface area contributed by atoms with Gasteiger partial charge in [0.2, 0.25) is 5.91 Å². The minimum atomic E-state index is -2.73. The average Bonchev–Trinajstić information content (AvgIpc) is 3.05. The summed E-state index contributed by atoms with van der Waals surface area (Å²) in [5.74, 6) is -0.680. The van der Waals surface area contributed by atoms with Gasteiger partial charge in [0.15, 0.2) is 0 Å². The van der Waals surface area contributed by atoms with Crippen LogP contribution in [0.1, 0.15) is 29.8 Å². The first kappa shape index (κ1) is 15.3. The van der Waals surface area contributed by atoms with E-state index in [-0.39, 0.29) is 28.8 Å². The lowest BCUT2D eigenvalue weighted by molar-refractivity contribution is -0.123. The van der Waals surface area contributed by atoms with Gasteiger partial charge in [-0.1, -0.05) is 6.92 Å². The largest absolute Gasteiger partial charge is 0.354 e. The standard InChI is InChI=1S/C15H15F3N2OS/c1-8-7-19-14(21)12(8)20-2-3-22-15(20)10-4-9(13(17)18)5-11(16)6-10/h2-6,8,12-13,15H,7H2,1H3,(H,19,21)/t8-,12+,15?/m1/s1. The number of alkyl halides is 2. The Balaban J connectivity index is 1.93. The summed E-state index contributed by atoms with van der Waals surface area (Å²) >= 11 is 1.38. The van der Waals surface area contributed by atoms with Crippen LogP contribution in [0.15, 0.2) is 29.8 Å². The molecule has 0 aromatic heterocycles. The molecule has 1 fully saturated rings. The topological polar surface area (TPSA) is 32.3 Å². The maximum absolute atomic E-state index is 13.6. The third kappa shape index (κ3) is 2.69. The molecule has 0 bridgehead atoms. The van der Waals surface area contributed by atoms with Crippen LogP contribution in [0.25, 0.3) is 0 Å². The zero-order chi connectivity index (χ0) is 15.9. The van der Waals surface area contributed by atoms with Gasteiger partial charge in [0, 0.05) is 24.2 Å². The molecule has 3 nitrogen and oxygen atoms in total. The second-order valence-corrected chi connectivity index (χ2v) is 6.50. The maximum Gasteiger partial charge on any atom is 0.263 e. The van der Waals surface area contributed by atoms with Crippen molar-refractivity contribution in [2.24, 2.45) is 5.92 Å². The molecule has 1 aromatic carbocycles. The van der Waals surface area contributed by atoms with E-state index in [0.717, 1.165) is 6.07 Å². The second kappa shape index (κ2) is 5.87. The first-order valence-electron chi connectivity index (χ1n) is 6.93. The first-order chi connectivity index (χ1) is 10.5. The van der Waals surface area contributed by atoms with E-state index >= 15 is 0 Å². The Morgan fingerprint density at radius 2 is 2.14 bits per heavy atom. The van der Waals surface area contributed by atoms with Crippen LogP contribution in [-0.4, -0.2) is 23.4 Å². The number of nitrogens with zero attached hydrogens (tertiary/aromatic N) is 1. The van der Waals surface area contributed by atoms with Crippen LogP contribution in [0, 0.1) is 11.7 Å². The number of nitrogens with one attached hydrogen (secondary N) is 1. The van der Waals surface area contributed by atoms with Crippen LogP contribution in [0.3, 0.4) is 0 Å². The SMILES string of the molecule is C[C@@H]1CNC(=O)[C@H]1N1C=CSC1c1cc(F)cc(C(F)F)c1. The van der Waals surface area contributed by atoms with Crippen molar-refractivity contribution in [3.63, 3.8) is 0 Å². The molecule has 0 spiro atoms. The smallest absolute Gasteiger partial charge is 0.263 e. The predicted octanol–water partition coefficient (Wildman–Crippen LogP) is 3.42. The van der Waals surface area contributed by atoms with Gasteiger partial charge in [-0.3, -0.25) is 4.79 Å². The predicted molar refractivity (Wildman–Crippen MR) is 78.6 cm³/mol. The van der Waals surface area contributed by atoms with E-state index < -0.39 is 12.2 Å². The molecule has 2 aliphatic heterocycles. The van der Waals surface area contributed by atoms with Gasteiger partial charge >= 0.3 is 0 Å². The number of halogens is 3. The zero-order valence-electron chi connectivity index (χ0n) is 11.8. The van der Waals surface area contributed by atoms with E-state index in [9.17, 15) is 18.0 Å². The summed E-state index contributed by atoms with van der Waals surface area (Å²) in [5, 5.41) is 4.22. The molecule has 2 heterocycles. The van der Waals surface area contributed by atoms with E-state index in [1.54, 1.807) is 11.6 Å². The fourth-order valence-corrected chi connectivity index (χ4v) is 3.88. The Hall–Kier alpha value is -1.63. The van der Waals surface area contributed by atoms with E-state index in [1.165, 1.54) is 23.9 Å². The Labute approximate surface area is 130 Å². The molecule has 3 rings (SSSR count). The molecule has 1 amide bonds. The number of carbonyl (C=O) groups excluding carboxylic acids is 1. The van der Waals surface area contributed by atoms with Crippen molar-refractivity contribution in [3.05, 3.63) is 46.8 Å². The lowest BCUT2D eigenvalue weighted by Gasteiger charge is -2.31. The fourth-order valence-electron chi connectivity index (χ4n) is 2.89. The molecule has 1 aromatic rings. The molecule has 0 aliphatic carbocycles. The summed E-state index contributed by atoms with van der Waals surface area (Å²) in [6.45, 7) is 2.53. The Morgan fingerprint density at radius 1 is 1.36 bits per heavy atom. The van der Waals surface area contributed by atoms with Crippen molar-refractivity contribution in [1.29, 1.82) is 0 Å². The van der Waals surface area contributed by atoms with Gasteiger partial charge in [0.05, 0.1) is 0 Å². The monoisotopic (exact) mass is 328 g/mol. The first-order valence-corrected chi connectivity index (χ1v) is 7.87. The summed E-state index contributed by atoms with van der Waals surface area (Å²) in [6, 6.07) is 3.04. The second-order valence-electron chi connectivity index (χ2n) is 5.51. The van der Waals surface area contributed by atoms with Crippen molar-refractivity contribution in [2.45, 2.75) is 24.8 Å². The van der Waals surface area contributed by atoms with E-state index in [2.05, 4.69) is 5.32 Å². The van der Waals surface area contributed by atoms with Gasteiger partial charge < -0.3 is 10.2 Å². The van der Waals surface area contributed by atoms with Gasteiger partial charge in [-0.15, -0.1) is 11.8 Å². The summed E-state index contributed by atoms with van der Waals surface area (Å²) in [7, 11) is 0. The van der Waals surface area contributed by atoms with Crippen molar-refractivity contribution < 1.29 is 18.0 Å². The third-order valence-electron chi connectivity index (χ3n) is 3.92. The Morgan fingerprint density at radius 3 is 2.77 bits per heavy atom. The van der Waals surface area contributed by atoms with Crippen LogP contribution < -0.4 is 5.32 Å². The molecule has 1 N–H and O–H groups in total. The highest BCUT2D eigenvalue weighted by molar-refractivity contribution is 8.02. The van der Waals surface area contributed by atoms with E-state index in [4.69, 9.17) is 0 Å². The highest BCUT2D eigenvalue weighted by Crippen LogP contribution is 2.43. The van der Waals surface area contributed by atoms with Crippen LogP contribution in [-0.2, 0) is 4.79 Å². The number of benzene rings is 1. The molecule has 118 valence electrons. The molecule has 2 aliphatic rings. The minimum absolute atomic E-state index is 0.0878. The highest BCUT2D eigenvalue weighted by Gasteiger charge is 2.40. The highest BCUT2D eigenvalue weighted by atomic mass is 32.2. The molecule has 22 heavy (non-hydrogen) atoms. The number of hydrogen-bond donors (Lipinski definition) is 1. The van der Waals surface area contributed by atoms with Crippen molar-refractivity contribution in [2.75, 3.05) is 6.54 Å². The number of carbonyl (C=O) groups is 1. The van der Waals surface area contributed by atoms with Crippen LogP contribution in [0.5, 0.6) is 0 Å². The van der Waals surface area contributed by atoms with Gasteiger partial charge in [-0.25, -0.2) is 13.2 Å². The maximum atomic E-state index is 13.6. The van der Waals surface area contributed by atoms with Gasteiger partial charge in [0.25, 0.3) is 6.43 Å². The third-order valence-corrected chi connectivity index (χ3v) is 4.97. The van der Waals surface area contributed by atoms with Crippen molar-refractivity contribution in [1.82, 2.24) is 10.2 Å². The summed E-state index contributed by atoms with van der Waals surface area (Å²) in [5.41, 5.74) is 0.101. The quantitative estimate of drug-likeness (QED) is 0.923. The van der Waals surface area contributed by atoms with Gasteiger partial charge in [-0.05, 0) is 29.2 Å². The lowest BCUT2D eigenvalue weighted by atomic mass is 10.0. The number of rotatable bonds is 3.